The second-order valence-corrected chi connectivity index (χ2v) is 7.73. The number of carbonyl (C=O) groups excluding carboxylic acids is 1. The molecule has 1 saturated heterocycles. The molecule has 0 aliphatic carbocycles. The van der Waals surface area contributed by atoms with Crippen LogP contribution in [0, 0.1) is 11.8 Å². The summed E-state index contributed by atoms with van der Waals surface area (Å²) in [6.45, 7) is 4.31. The second-order valence-electron chi connectivity index (χ2n) is 7.73. The van der Waals surface area contributed by atoms with Crippen LogP contribution in [0.2, 0.25) is 0 Å². The molecule has 0 spiro atoms. The summed E-state index contributed by atoms with van der Waals surface area (Å²) in [4.78, 5) is 17.2. The van der Waals surface area contributed by atoms with Gasteiger partial charge in [-0.05, 0) is 42.3 Å². The highest BCUT2D eigenvalue weighted by Gasteiger charge is 2.19. The van der Waals surface area contributed by atoms with Crippen molar-refractivity contribution in [3.8, 4) is 11.8 Å². The van der Waals surface area contributed by atoms with Gasteiger partial charge in [0.15, 0.2) is 0 Å². The molecule has 156 valence electrons. The maximum absolute atomic E-state index is 12.8. The highest BCUT2D eigenvalue weighted by molar-refractivity contribution is 5.89. The largest absolute Gasteiger partial charge is 0.323 e. The summed E-state index contributed by atoms with van der Waals surface area (Å²) in [6.07, 6.45) is 0.975. The Balaban J connectivity index is 1.33. The zero-order chi connectivity index (χ0) is 21.3. The standard InChI is InChI=1S/C27H27N3O/c31-27(30-18-8-17-29(19-20-30)22-25-11-5-2-6-12-25)28-26-14-7-13-24(21-26)16-15-23-9-3-1-4-10-23/h1-7,9-14,21H,8,17-20,22H2,(H,28,31). The lowest BCUT2D eigenvalue weighted by Crippen LogP contribution is -2.38. The molecule has 1 N–H and O–H groups in total. The maximum atomic E-state index is 12.8. The molecule has 4 heteroatoms. The van der Waals surface area contributed by atoms with Gasteiger partial charge in [0.25, 0.3) is 0 Å². The minimum Gasteiger partial charge on any atom is -0.323 e. The SMILES string of the molecule is O=C(Nc1cccc(C#Cc2ccccc2)c1)N1CCCN(Cc2ccccc2)CC1. The van der Waals surface area contributed by atoms with Crippen molar-refractivity contribution >= 4 is 11.7 Å². The van der Waals surface area contributed by atoms with Gasteiger partial charge >= 0.3 is 6.03 Å². The Morgan fingerprint density at radius 2 is 1.48 bits per heavy atom. The van der Waals surface area contributed by atoms with E-state index >= 15 is 0 Å². The third kappa shape index (κ3) is 6.21. The summed E-state index contributed by atoms with van der Waals surface area (Å²) in [5.74, 6) is 6.33. The van der Waals surface area contributed by atoms with Crippen LogP contribution in [0.15, 0.2) is 84.9 Å². The lowest BCUT2D eigenvalue weighted by molar-refractivity contribution is 0.211. The molecule has 4 rings (SSSR count). The van der Waals surface area contributed by atoms with Gasteiger partial charge in [-0.2, -0.15) is 0 Å². The van der Waals surface area contributed by atoms with E-state index in [-0.39, 0.29) is 6.03 Å². The van der Waals surface area contributed by atoms with Crippen LogP contribution in [0.4, 0.5) is 10.5 Å². The van der Waals surface area contributed by atoms with E-state index in [1.54, 1.807) is 0 Å². The molecular weight excluding hydrogens is 382 g/mol. The van der Waals surface area contributed by atoms with Gasteiger partial charge < -0.3 is 10.2 Å². The van der Waals surface area contributed by atoms with Crippen LogP contribution < -0.4 is 5.32 Å². The molecule has 3 aromatic rings. The second kappa shape index (κ2) is 10.5. The molecule has 0 radical (unpaired) electrons. The van der Waals surface area contributed by atoms with Crippen molar-refractivity contribution in [2.24, 2.45) is 0 Å². The monoisotopic (exact) mass is 409 g/mol. The van der Waals surface area contributed by atoms with E-state index in [9.17, 15) is 4.79 Å². The number of benzene rings is 3. The van der Waals surface area contributed by atoms with E-state index < -0.39 is 0 Å². The molecule has 0 aromatic heterocycles. The van der Waals surface area contributed by atoms with E-state index in [2.05, 4.69) is 46.3 Å². The van der Waals surface area contributed by atoms with Crippen LogP contribution in [-0.4, -0.2) is 42.0 Å². The molecule has 0 saturated carbocycles. The Bertz CT molecular complexity index is 1050. The molecule has 1 fully saturated rings. The van der Waals surface area contributed by atoms with Gasteiger partial charge in [-0.15, -0.1) is 0 Å². The summed E-state index contributed by atoms with van der Waals surface area (Å²) in [5, 5.41) is 3.04. The number of nitrogens with zero attached hydrogens (tertiary/aromatic N) is 2. The quantitative estimate of drug-likeness (QED) is 0.629. The minimum atomic E-state index is -0.0465. The number of amides is 2. The van der Waals surface area contributed by atoms with Crippen molar-refractivity contribution in [1.29, 1.82) is 0 Å². The zero-order valence-electron chi connectivity index (χ0n) is 17.6. The third-order valence-electron chi connectivity index (χ3n) is 5.36. The predicted octanol–water partition coefficient (Wildman–Crippen LogP) is 4.83. The van der Waals surface area contributed by atoms with Crippen molar-refractivity contribution in [1.82, 2.24) is 9.80 Å². The zero-order valence-corrected chi connectivity index (χ0v) is 17.6. The van der Waals surface area contributed by atoms with Crippen molar-refractivity contribution < 1.29 is 4.79 Å². The number of carbonyl (C=O) groups is 1. The van der Waals surface area contributed by atoms with Crippen molar-refractivity contribution in [2.45, 2.75) is 13.0 Å². The highest BCUT2D eigenvalue weighted by Crippen LogP contribution is 2.13. The van der Waals surface area contributed by atoms with Gasteiger partial charge in [-0.1, -0.05) is 66.4 Å². The van der Waals surface area contributed by atoms with Gasteiger partial charge in [0.1, 0.15) is 0 Å². The summed E-state index contributed by atoms with van der Waals surface area (Å²) in [6, 6.07) is 28.1. The topological polar surface area (TPSA) is 35.6 Å². The Hall–Kier alpha value is -3.55. The molecular formula is C27H27N3O. The summed E-state index contributed by atoms with van der Waals surface area (Å²) in [7, 11) is 0. The van der Waals surface area contributed by atoms with Crippen molar-refractivity contribution in [2.75, 3.05) is 31.5 Å². The average Bonchev–Trinajstić information content (AvgIpc) is 3.05. The van der Waals surface area contributed by atoms with E-state index in [1.807, 2.05) is 65.6 Å². The maximum Gasteiger partial charge on any atom is 0.321 e. The molecule has 2 amide bonds. The van der Waals surface area contributed by atoms with Crippen molar-refractivity contribution in [3.05, 3.63) is 102 Å². The van der Waals surface area contributed by atoms with Gasteiger partial charge in [0.2, 0.25) is 0 Å². The van der Waals surface area contributed by atoms with E-state index in [0.29, 0.717) is 0 Å². The first-order chi connectivity index (χ1) is 15.3. The van der Waals surface area contributed by atoms with Gasteiger partial charge in [-0.25, -0.2) is 4.79 Å². The lowest BCUT2D eigenvalue weighted by atomic mass is 10.1. The molecule has 0 bridgehead atoms. The average molecular weight is 410 g/mol. The number of hydrogen-bond donors (Lipinski definition) is 1. The fraction of sp³-hybridized carbons (Fsp3) is 0.222. The number of rotatable bonds is 3. The minimum absolute atomic E-state index is 0.0465. The Morgan fingerprint density at radius 1 is 0.774 bits per heavy atom. The van der Waals surface area contributed by atoms with Crippen LogP contribution in [0.25, 0.3) is 0 Å². The normalized spacial score (nSPS) is 14.3. The van der Waals surface area contributed by atoms with Crippen LogP contribution in [0.5, 0.6) is 0 Å². The van der Waals surface area contributed by atoms with Gasteiger partial charge in [0.05, 0.1) is 0 Å². The van der Waals surface area contributed by atoms with Crippen LogP contribution >= 0.6 is 0 Å². The smallest absolute Gasteiger partial charge is 0.321 e. The fourth-order valence-electron chi connectivity index (χ4n) is 3.72. The van der Waals surface area contributed by atoms with E-state index in [4.69, 9.17) is 0 Å². The van der Waals surface area contributed by atoms with Gasteiger partial charge in [-0.3, -0.25) is 4.90 Å². The number of anilines is 1. The number of nitrogens with one attached hydrogen (secondary N) is 1. The van der Waals surface area contributed by atoms with E-state index in [0.717, 1.165) is 56.0 Å². The van der Waals surface area contributed by atoms with Crippen LogP contribution in [-0.2, 0) is 6.54 Å². The predicted molar refractivity (Wildman–Crippen MR) is 126 cm³/mol. The molecule has 4 nitrogen and oxygen atoms in total. The summed E-state index contributed by atoms with van der Waals surface area (Å²) in [5.41, 5.74) is 3.94. The molecule has 3 aromatic carbocycles. The molecule has 1 aliphatic heterocycles. The highest BCUT2D eigenvalue weighted by atomic mass is 16.2. The lowest BCUT2D eigenvalue weighted by Gasteiger charge is -2.22. The molecule has 1 aliphatic rings. The summed E-state index contributed by atoms with van der Waals surface area (Å²) < 4.78 is 0. The summed E-state index contributed by atoms with van der Waals surface area (Å²) >= 11 is 0. The first kappa shape index (κ1) is 20.7. The molecule has 1 heterocycles. The first-order valence-corrected chi connectivity index (χ1v) is 10.8. The Labute approximate surface area is 184 Å². The van der Waals surface area contributed by atoms with Crippen LogP contribution in [0.1, 0.15) is 23.1 Å². The molecule has 31 heavy (non-hydrogen) atoms. The number of hydrogen-bond acceptors (Lipinski definition) is 2. The molecule has 0 unspecified atom stereocenters. The van der Waals surface area contributed by atoms with Gasteiger partial charge in [0, 0.05) is 49.5 Å². The molecule has 0 atom stereocenters. The third-order valence-corrected chi connectivity index (χ3v) is 5.36. The Morgan fingerprint density at radius 3 is 2.29 bits per heavy atom. The Kier molecular flexibility index (Phi) is 7.00. The fourth-order valence-corrected chi connectivity index (χ4v) is 3.72. The van der Waals surface area contributed by atoms with E-state index in [1.165, 1.54) is 5.56 Å². The number of urea groups is 1. The van der Waals surface area contributed by atoms with Crippen LogP contribution in [0.3, 0.4) is 0 Å². The van der Waals surface area contributed by atoms with Crippen molar-refractivity contribution in [3.63, 3.8) is 0 Å². The first-order valence-electron chi connectivity index (χ1n) is 10.8.